The maximum Gasteiger partial charge on any atom is 0.394 e. The summed E-state index contributed by atoms with van der Waals surface area (Å²) < 4.78 is 140. The fourth-order valence-corrected chi connectivity index (χ4v) is 9.87. The van der Waals surface area contributed by atoms with Gasteiger partial charge in [-0.25, -0.2) is 20.0 Å². The van der Waals surface area contributed by atoms with Crippen molar-refractivity contribution in [3.05, 3.63) is 0 Å². The van der Waals surface area contributed by atoms with Crippen molar-refractivity contribution in [1.82, 2.24) is 10.6 Å². The molecule has 30 atom stereocenters. The average Bonchev–Trinajstić information content (AvgIpc) is 1.41. The van der Waals surface area contributed by atoms with Gasteiger partial charge in [-0.2, -0.15) is 25.3 Å². The van der Waals surface area contributed by atoms with E-state index < -0.39 is 251 Å². The fraction of sp³-hybridized carbons (Fsp3) is 0.900. The van der Waals surface area contributed by atoms with Gasteiger partial charge in [-0.05, 0) is 27.9 Å². The van der Waals surface area contributed by atoms with E-state index >= 15 is 0 Å². The second kappa shape index (κ2) is 38.4. The van der Waals surface area contributed by atoms with Gasteiger partial charge < -0.3 is 193 Å². The molecule has 6 aliphatic rings. The van der Waals surface area contributed by atoms with Gasteiger partial charge in [-0.15, -0.1) is 0 Å². The second-order valence-electron chi connectivity index (χ2n) is 20.8. The van der Waals surface area contributed by atoms with Crippen molar-refractivity contribution in [1.29, 1.82) is 0 Å². The van der Waals surface area contributed by atoms with Crippen molar-refractivity contribution in [2.45, 2.75) is 197 Å². The number of aliphatic hydroxyl groups is 16. The second-order valence-corrected chi connectivity index (χ2v) is 23.4. The minimum atomic E-state index is -4.67. The number of hydrogen-bond donors (Lipinski definition) is 32. The Morgan fingerprint density at radius 3 is 0.854 bits per heavy atom. The van der Waals surface area contributed by atoms with Crippen molar-refractivity contribution >= 4 is 55.0 Å². The average molecular weight is 1490 g/mol. The van der Waals surface area contributed by atoms with Gasteiger partial charge in [0.25, 0.3) is 0 Å². The number of likely N-dealkylation sites (N-methyl/N-ethyl adjacent to an activating group) is 2. The highest BCUT2D eigenvalue weighted by molar-refractivity contribution is 7.80. The molecule has 0 spiro atoms. The SMILES string of the molecule is CN[C@@H]1[C@H](O[C@H]2[C@H](O[C@H]3[C@H](O)[C@@H](O)[C@H](N=C(N)N)[C@@H](O)[C@@H]3N=C(N)N)O[C@@H](C)[C@]2(O)CO)O[C@@H](O)[C@H](O)[C@H]1O.CN[C@@H]1[C@H](O[C@H]2[C@H](O[C@H]3[C@H](O)[C@@H](O)[C@H](N=C(N)N)[C@@H](O)[C@@H]3N=C(N)N)O[C@@H](C)[C@]2(O)CO)O[C@@H](O)[C@H](O)[C@H]1O.O.O.O.O=S(=O)(O)O.O=S(=O)(O)O.O=S(=O)(O)O. The molecule has 0 aromatic heterocycles. The van der Waals surface area contributed by atoms with Crippen LogP contribution in [0, 0.1) is 0 Å². The maximum atomic E-state index is 11.2. The molecule has 53 nitrogen and oxygen atoms in total. The molecular formula is C40H90N14O39S3. The van der Waals surface area contributed by atoms with Crippen molar-refractivity contribution < 1.29 is 189 Å². The molecule has 2 saturated carbocycles. The van der Waals surface area contributed by atoms with Crippen LogP contribution in [0.2, 0.25) is 0 Å². The number of ether oxygens (including phenoxy) is 8. The standard InChI is InChI=1S/2C20H39N7O12.3H2O4S.3H2O/c2*1-4-20(35,3-28)14(38-16-7(25-2)10(31)12(33)15(34)39-16)17(36-4)37-13-6(27-19(23)24)8(29)5(26-18(21)22)9(30)11(13)32;3*1-5(2,3)4;;;/h2*4-17,25,28-35H,3H2,1-2H3,(H4,21,22,26)(H4,23,24,27);3*(H2,1,2,3,4);3*1H2/t2*4-,5+,6-,7-,8+,9-,10-,11+,12+,13+,14-,15+,16+,17-,20+;;;;;;/m00....../s1. The molecule has 6 fully saturated rings. The van der Waals surface area contributed by atoms with Crippen LogP contribution in [0.25, 0.3) is 0 Å². The van der Waals surface area contributed by atoms with E-state index in [4.69, 9.17) is 136 Å². The molecule has 4 heterocycles. The summed E-state index contributed by atoms with van der Waals surface area (Å²) in [6.45, 7) is 0.908. The Kier molecular flexibility index (Phi) is 37.4. The molecular weight excluding hydrogens is 1400 g/mol. The Balaban J connectivity index is 0. The van der Waals surface area contributed by atoms with E-state index in [1.165, 1.54) is 27.9 Å². The molecule has 0 aromatic carbocycles. The van der Waals surface area contributed by atoms with Gasteiger partial charge in [-0.3, -0.25) is 27.3 Å². The molecule has 0 amide bonds. The van der Waals surface area contributed by atoms with Crippen LogP contribution in [-0.2, 0) is 69.1 Å². The molecule has 56 heteroatoms. The quantitative estimate of drug-likeness (QED) is 0.0388. The number of nitrogens with two attached hydrogens (primary N) is 8. The van der Waals surface area contributed by atoms with Gasteiger partial charge in [0.05, 0.1) is 37.5 Å². The molecule has 0 aromatic rings. The Morgan fingerprint density at radius 1 is 0.396 bits per heavy atom. The summed E-state index contributed by atoms with van der Waals surface area (Å²) in [5.41, 5.74) is 39.2. The van der Waals surface area contributed by atoms with Crippen LogP contribution >= 0.6 is 0 Å². The van der Waals surface area contributed by atoms with Gasteiger partial charge in [0, 0.05) is 0 Å². The van der Waals surface area contributed by atoms with Crippen molar-refractivity contribution in [2.24, 2.45) is 65.8 Å². The van der Waals surface area contributed by atoms with Crippen LogP contribution in [0.1, 0.15) is 13.8 Å². The summed E-state index contributed by atoms with van der Waals surface area (Å²) in [5.74, 6) is -2.03. The van der Waals surface area contributed by atoms with Crippen LogP contribution in [0.3, 0.4) is 0 Å². The predicted octanol–water partition coefficient (Wildman–Crippen LogP) is -21.3. The lowest BCUT2D eigenvalue weighted by molar-refractivity contribution is -0.346. The van der Waals surface area contributed by atoms with E-state index in [2.05, 4.69) is 30.6 Å². The minimum absolute atomic E-state index is 0. The van der Waals surface area contributed by atoms with E-state index in [0.717, 1.165) is 0 Å². The molecule has 0 bridgehead atoms. The number of rotatable bonds is 16. The summed E-state index contributed by atoms with van der Waals surface area (Å²) in [6.07, 6.45) is -36.0. The number of hydrogen-bond acceptors (Lipinski definition) is 36. The van der Waals surface area contributed by atoms with Crippen LogP contribution in [-0.4, -0.2) is 385 Å². The predicted molar refractivity (Wildman–Crippen MR) is 312 cm³/mol. The van der Waals surface area contributed by atoms with Crippen LogP contribution in [0.5, 0.6) is 0 Å². The first-order valence-electron chi connectivity index (χ1n) is 26.2. The summed E-state index contributed by atoms with van der Waals surface area (Å²) in [7, 11) is -11.2. The Morgan fingerprint density at radius 2 is 0.635 bits per heavy atom. The number of aliphatic imine (C=N–C) groups is 4. The molecule has 4 saturated heterocycles. The highest BCUT2D eigenvalue weighted by atomic mass is 32.3. The largest absolute Gasteiger partial charge is 0.412 e. The minimum Gasteiger partial charge on any atom is -0.412 e. The summed E-state index contributed by atoms with van der Waals surface area (Å²) >= 11 is 0. The highest BCUT2D eigenvalue weighted by Crippen LogP contribution is 2.41. The first kappa shape index (κ1) is 93.6. The Bertz CT molecular complexity index is 2590. The smallest absolute Gasteiger partial charge is 0.394 e. The summed E-state index contributed by atoms with van der Waals surface area (Å²) in [5, 5.41) is 173. The molecule has 4 aliphatic heterocycles. The van der Waals surface area contributed by atoms with Gasteiger partial charge in [-0.1, -0.05) is 0 Å². The van der Waals surface area contributed by atoms with Crippen molar-refractivity contribution in [2.75, 3.05) is 27.3 Å². The fourth-order valence-electron chi connectivity index (χ4n) is 9.87. The third-order valence-electron chi connectivity index (χ3n) is 14.4. The lowest BCUT2D eigenvalue weighted by Gasteiger charge is -2.45. The first-order chi connectivity index (χ1) is 42.3. The number of aliphatic hydroxyl groups excluding tert-OH is 14. The number of guanidine groups is 4. The normalized spacial score (nSPS) is 41.2. The molecule has 2 aliphatic carbocycles. The summed E-state index contributed by atoms with van der Waals surface area (Å²) in [4.78, 5) is 15.3. The third-order valence-corrected chi connectivity index (χ3v) is 14.4. The lowest BCUT2D eigenvalue weighted by Crippen LogP contribution is -2.66. The van der Waals surface area contributed by atoms with Crippen LogP contribution in [0.4, 0.5) is 0 Å². The van der Waals surface area contributed by atoms with Crippen LogP contribution in [0.15, 0.2) is 20.0 Å². The molecule has 46 N–H and O–H groups in total. The number of nitrogens with one attached hydrogen (secondary N) is 2. The van der Waals surface area contributed by atoms with Gasteiger partial charge in [0.15, 0.2) is 61.6 Å². The molecule has 96 heavy (non-hydrogen) atoms. The molecule has 0 radical (unpaired) electrons. The van der Waals surface area contributed by atoms with Gasteiger partial charge in [0.1, 0.15) is 121 Å². The van der Waals surface area contributed by atoms with Gasteiger partial charge >= 0.3 is 31.2 Å². The van der Waals surface area contributed by atoms with E-state index in [9.17, 15) is 81.7 Å². The zero-order valence-electron chi connectivity index (χ0n) is 50.3. The van der Waals surface area contributed by atoms with Crippen molar-refractivity contribution in [3.8, 4) is 0 Å². The zero-order chi connectivity index (χ0) is 72.3. The topological polar surface area (TPSA) is 997 Å². The van der Waals surface area contributed by atoms with E-state index in [0.29, 0.717) is 0 Å². The Hall–Kier alpha value is -4.47. The first-order valence-corrected chi connectivity index (χ1v) is 30.4. The maximum absolute atomic E-state index is 11.2. The van der Waals surface area contributed by atoms with E-state index in [1.54, 1.807) is 0 Å². The lowest BCUT2D eigenvalue weighted by atomic mass is 9.81. The molecule has 0 unspecified atom stereocenters. The van der Waals surface area contributed by atoms with E-state index in [1.807, 2.05) is 0 Å². The summed E-state index contributed by atoms with van der Waals surface area (Å²) in [6, 6.07) is -8.13. The molecule has 6 rings (SSSR count). The zero-order valence-corrected chi connectivity index (χ0v) is 52.7. The van der Waals surface area contributed by atoms with E-state index in [-0.39, 0.29) is 16.4 Å². The van der Waals surface area contributed by atoms with Crippen molar-refractivity contribution in [3.63, 3.8) is 0 Å². The monoisotopic (exact) mass is 1490 g/mol. The van der Waals surface area contributed by atoms with Gasteiger partial charge in [0.2, 0.25) is 0 Å². The third kappa shape index (κ3) is 25.6. The highest BCUT2D eigenvalue weighted by Gasteiger charge is 2.63. The number of nitrogens with zero attached hydrogens (tertiary/aromatic N) is 4. The molecule has 572 valence electrons. The van der Waals surface area contributed by atoms with Crippen LogP contribution < -0.4 is 56.5 Å². The Labute approximate surface area is 542 Å².